The fourth-order valence-electron chi connectivity index (χ4n) is 2.90. The first-order chi connectivity index (χ1) is 14.3. The number of thiocarbonyl (C=S) groups is 1. The van der Waals surface area contributed by atoms with Gasteiger partial charge in [-0.05, 0) is 48.1 Å². The Morgan fingerprint density at radius 3 is 2.47 bits per heavy atom. The average Bonchev–Trinajstić information content (AvgIpc) is 2.98. The summed E-state index contributed by atoms with van der Waals surface area (Å²) < 4.78 is 5.15. The van der Waals surface area contributed by atoms with Crippen molar-refractivity contribution in [2.45, 2.75) is 0 Å². The number of carbonyl (C=O) groups is 3. The summed E-state index contributed by atoms with van der Waals surface area (Å²) in [6, 6.07) is 11.8. The van der Waals surface area contributed by atoms with E-state index >= 15 is 0 Å². The third-order valence-corrected chi connectivity index (χ3v) is 4.68. The van der Waals surface area contributed by atoms with Crippen molar-refractivity contribution in [2.75, 3.05) is 0 Å². The number of Topliss-reactive ketones (excluding diaryl/α,β-unsaturated/α-hetero) is 1. The molecule has 4 rings (SSSR count). The summed E-state index contributed by atoms with van der Waals surface area (Å²) in [7, 11) is 0. The van der Waals surface area contributed by atoms with Gasteiger partial charge in [-0.3, -0.25) is 24.6 Å². The number of hydrogen-bond acceptors (Lipinski definition) is 7. The molecule has 1 amide bonds. The maximum absolute atomic E-state index is 12.7. The summed E-state index contributed by atoms with van der Waals surface area (Å²) in [4.78, 5) is 48.8. The van der Waals surface area contributed by atoms with E-state index < -0.39 is 22.6 Å². The Balaban J connectivity index is 1.62. The van der Waals surface area contributed by atoms with Gasteiger partial charge in [0, 0.05) is 18.3 Å². The Labute approximate surface area is 174 Å². The van der Waals surface area contributed by atoms with Gasteiger partial charge in [0.2, 0.25) is 5.78 Å². The van der Waals surface area contributed by atoms with Crippen molar-refractivity contribution >= 4 is 46.8 Å². The van der Waals surface area contributed by atoms with Crippen LogP contribution in [0.3, 0.4) is 0 Å². The van der Waals surface area contributed by atoms with Gasteiger partial charge in [0.15, 0.2) is 5.11 Å². The summed E-state index contributed by atoms with van der Waals surface area (Å²) in [6.07, 6.45) is 2.50. The quantitative estimate of drug-likeness (QED) is 0.153. The van der Waals surface area contributed by atoms with Crippen LogP contribution in [0.15, 0.2) is 66.0 Å². The highest BCUT2D eigenvalue weighted by molar-refractivity contribution is 7.80. The lowest BCUT2D eigenvalue weighted by atomic mass is 10.0. The van der Waals surface area contributed by atoms with Crippen molar-refractivity contribution in [1.82, 2.24) is 10.2 Å². The van der Waals surface area contributed by atoms with Gasteiger partial charge in [0.05, 0.1) is 10.5 Å². The summed E-state index contributed by atoms with van der Waals surface area (Å²) in [5.74, 6) is -1.91. The number of esters is 1. The minimum Gasteiger partial charge on any atom is -0.422 e. The van der Waals surface area contributed by atoms with Gasteiger partial charge in [-0.1, -0.05) is 12.1 Å². The number of rotatable bonds is 3. The number of para-hydroxylation sites is 1. The molecule has 10 heteroatoms. The van der Waals surface area contributed by atoms with Gasteiger partial charge in [0.1, 0.15) is 17.0 Å². The van der Waals surface area contributed by atoms with Crippen molar-refractivity contribution in [2.24, 2.45) is 0 Å². The van der Waals surface area contributed by atoms with Gasteiger partial charge < -0.3 is 10.1 Å². The molecule has 0 aromatic heterocycles. The number of ether oxygens (including phenoxy) is 1. The van der Waals surface area contributed by atoms with E-state index in [-0.39, 0.29) is 33.4 Å². The van der Waals surface area contributed by atoms with Crippen molar-refractivity contribution in [3.05, 3.63) is 87.2 Å². The van der Waals surface area contributed by atoms with Gasteiger partial charge >= 0.3 is 5.97 Å². The molecular formula is C20H11N3O6S. The third kappa shape index (κ3) is 3.35. The molecule has 2 aliphatic rings. The number of amides is 1. The largest absolute Gasteiger partial charge is 0.422 e. The molecule has 0 unspecified atom stereocenters. The van der Waals surface area contributed by atoms with E-state index in [1.807, 2.05) is 0 Å². The molecule has 2 aromatic rings. The lowest BCUT2D eigenvalue weighted by Gasteiger charge is -2.18. The van der Waals surface area contributed by atoms with Gasteiger partial charge in [-0.15, -0.1) is 0 Å². The molecule has 1 fully saturated rings. The molecule has 2 aliphatic heterocycles. The summed E-state index contributed by atoms with van der Waals surface area (Å²) >= 11 is 5.15. The molecule has 0 saturated carbocycles. The number of non-ortho nitro benzene ring substituents is 1. The fraction of sp³-hybridized carbons (Fsp3) is 0. The lowest BCUT2D eigenvalue weighted by molar-refractivity contribution is -0.384. The highest BCUT2D eigenvalue weighted by atomic mass is 32.1. The molecule has 0 bridgehead atoms. The van der Waals surface area contributed by atoms with Crippen molar-refractivity contribution in [3.63, 3.8) is 0 Å². The van der Waals surface area contributed by atoms with Crippen LogP contribution in [-0.4, -0.2) is 32.6 Å². The van der Waals surface area contributed by atoms with Crippen molar-refractivity contribution in [1.29, 1.82) is 0 Å². The van der Waals surface area contributed by atoms with Crippen LogP contribution in [0, 0.1) is 10.1 Å². The Bertz CT molecular complexity index is 1200. The molecule has 1 N–H and O–H groups in total. The highest BCUT2D eigenvalue weighted by Crippen LogP contribution is 2.28. The number of hydrogen-bond donors (Lipinski definition) is 1. The number of nitro groups is 1. The lowest BCUT2D eigenvalue weighted by Crippen LogP contribution is -2.31. The normalized spacial score (nSPS) is 18.5. The smallest absolute Gasteiger partial charge is 0.349 e. The molecule has 0 radical (unpaired) electrons. The number of nitrogens with zero attached hydrogens (tertiary/aromatic N) is 2. The van der Waals surface area contributed by atoms with Crippen LogP contribution in [0.5, 0.6) is 5.75 Å². The number of nitro benzene ring substituents is 1. The Kier molecular flexibility index (Phi) is 4.68. The predicted octanol–water partition coefficient (Wildman–Crippen LogP) is 2.34. The van der Waals surface area contributed by atoms with E-state index in [1.54, 1.807) is 12.1 Å². The summed E-state index contributed by atoms with van der Waals surface area (Å²) in [5.41, 5.74) is 0.399. The molecule has 0 atom stereocenters. The number of carbonyl (C=O) groups excluding carboxylic acids is 3. The molecule has 30 heavy (non-hydrogen) atoms. The maximum atomic E-state index is 12.7. The van der Waals surface area contributed by atoms with Gasteiger partial charge in [0.25, 0.3) is 11.6 Å². The molecule has 9 nitrogen and oxygen atoms in total. The van der Waals surface area contributed by atoms with Gasteiger partial charge in [-0.25, -0.2) is 4.79 Å². The second kappa shape index (κ2) is 7.33. The zero-order valence-corrected chi connectivity index (χ0v) is 15.8. The monoisotopic (exact) mass is 421 g/mol. The van der Waals surface area contributed by atoms with Crippen molar-refractivity contribution < 1.29 is 24.0 Å². The standard InChI is InChI=1S/C20H11N3O6S/c24-17-13-3-1-2-4-16(13)29-19(26)14(17)10-22-18(25)15(21-20(22)30)9-11-5-7-12(8-6-11)23(27)28/h1-10H,(H,21,30)/b14-10-,15-9-. The molecule has 2 aromatic carbocycles. The minimum absolute atomic E-state index is 0.0277. The van der Waals surface area contributed by atoms with Crippen LogP contribution in [-0.2, 0) is 9.59 Å². The average molecular weight is 421 g/mol. The van der Waals surface area contributed by atoms with E-state index in [0.29, 0.717) is 5.56 Å². The molecule has 1 saturated heterocycles. The Morgan fingerprint density at radius 1 is 1.07 bits per heavy atom. The summed E-state index contributed by atoms with van der Waals surface area (Å²) in [5, 5.41) is 13.4. The molecule has 0 aliphatic carbocycles. The first kappa shape index (κ1) is 19.2. The zero-order valence-electron chi connectivity index (χ0n) is 15.0. The van der Waals surface area contributed by atoms with E-state index in [0.717, 1.165) is 11.1 Å². The van der Waals surface area contributed by atoms with Crippen molar-refractivity contribution in [3.8, 4) is 5.75 Å². The Hall–Kier alpha value is -4.18. The highest BCUT2D eigenvalue weighted by Gasteiger charge is 2.35. The van der Waals surface area contributed by atoms with E-state index in [1.165, 1.54) is 42.5 Å². The summed E-state index contributed by atoms with van der Waals surface area (Å²) in [6.45, 7) is 0. The van der Waals surface area contributed by atoms with Gasteiger partial charge in [-0.2, -0.15) is 0 Å². The van der Waals surface area contributed by atoms with Crippen LogP contribution in [0.25, 0.3) is 6.08 Å². The molecule has 0 spiro atoms. The predicted molar refractivity (Wildman–Crippen MR) is 108 cm³/mol. The van der Waals surface area contributed by atoms with Crippen LogP contribution < -0.4 is 10.1 Å². The first-order valence-electron chi connectivity index (χ1n) is 8.53. The minimum atomic E-state index is -0.887. The number of fused-ring (bicyclic) bond motifs is 1. The second-order valence-corrected chi connectivity index (χ2v) is 6.66. The van der Waals surface area contributed by atoms with Crippen LogP contribution in [0.1, 0.15) is 15.9 Å². The molecule has 148 valence electrons. The van der Waals surface area contributed by atoms with Crippen LogP contribution in [0.2, 0.25) is 0 Å². The second-order valence-electron chi connectivity index (χ2n) is 6.27. The number of nitrogens with one attached hydrogen (secondary N) is 1. The van der Waals surface area contributed by atoms with Crippen LogP contribution in [0.4, 0.5) is 5.69 Å². The Morgan fingerprint density at radius 2 is 1.77 bits per heavy atom. The molecule has 2 heterocycles. The topological polar surface area (TPSA) is 119 Å². The number of ketones is 1. The van der Waals surface area contributed by atoms with Crippen LogP contribution >= 0.6 is 12.2 Å². The van der Waals surface area contributed by atoms with E-state index in [9.17, 15) is 24.5 Å². The SMILES string of the molecule is O=C1Oc2ccccc2C(=O)/C1=C/N1C(=O)/C(=C/c2ccc([N+](=O)[O-])cc2)NC1=S. The maximum Gasteiger partial charge on any atom is 0.349 e. The fourth-order valence-corrected chi connectivity index (χ4v) is 3.15. The first-order valence-corrected chi connectivity index (χ1v) is 8.94. The number of benzene rings is 2. The zero-order chi connectivity index (χ0) is 21.4. The molecular weight excluding hydrogens is 410 g/mol. The van der Waals surface area contributed by atoms with E-state index in [2.05, 4.69) is 5.32 Å². The van der Waals surface area contributed by atoms with E-state index in [4.69, 9.17) is 17.0 Å². The third-order valence-electron chi connectivity index (χ3n) is 4.38.